The van der Waals surface area contributed by atoms with Crippen LogP contribution >= 0.6 is 24.0 Å². The van der Waals surface area contributed by atoms with E-state index in [2.05, 4.69) is 22.5 Å². The molecule has 0 spiro atoms. The lowest BCUT2D eigenvalue weighted by Crippen LogP contribution is -2.45. The van der Waals surface area contributed by atoms with Crippen LogP contribution in [0.15, 0.2) is 4.99 Å². The van der Waals surface area contributed by atoms with Crippen molar-refractivity contribution in [3.05, 3.63) is 0 Å². The van der Waals surface area contributed by atoms with Crippen LogP contribution in [0.25, 0.3) is 0 Å². The van der Waals surface area contributed by atoms with Gasteiger partial charge in [0.05, 0.1) is 6.26 Å². The number of guanidine groups is 1. The number of nitrogens with zero attached hydrogens (tertiary/aromatic N) is 3. The van der Waals surface area contributed by atoms with E-state index < -0.39 is 10.0 Å². The molecule has 3 fully saturated rings. The maximum atomic E-state index is 11.6. The molecule has 9 heteroatoms. The van der Waals surface area contributed by atoms with Crippen LogP contribution in [0, 0.1) is 5.92 Å². The van der Waals surface area contributed by atoms with E-state index in [0.29, 0.717) is 25.0 Å². The van der Waals surface area contributed by atoms with E-state index in [1.165, 1.54) is 32.1 Å². The number of hydrogen-bond acceptors (Lipinski definition) is 4. The van der Waals surface area contributed by atoms with Crippen LogP contribution in [-0.4, -0.2) is 81.2 Å². The van der Waals surface area contributed by atoms with Crippen LogP contribution in [-0.2, 0) is 10.0 Å². The first-order chi connectivity index (χ1) is 12.0. The fourth-order valence-electron chi connectivity index (χ4n) is 3.83. The van der Waals surface area contributed by atoms with Crippen molar-refractivity contribution in [2.75, 3.05) is 45.5 Å². The average Bonchev–Trinajstić information content (AvgIpc) is 3.32. The van der Waals surface area contributed by atoms with E-state index >= 15 is 0 Å². The second-order valence-corrected chi connectivity index (χ2v) is 9.66. The van der Waals surface area contributed by atoms with E-state index in [-0.39, 0.29) is 24.0 Å². The molecular weight excluding hydrogens is 465 g/mol. The van der Waals surface area contributed by atoms with Gasteiger partial charge < -0.3 is 10.6 Å². The van der Waals surface area contributed by atoms with Gasteiger partial charge in [-0.1, -0.05) is 0 Å². The van der Waals surface area contributed by atoms with Gasteiger partial charge in [0.15, 0.2) is 5.96 Å². The number of nitrogens with one attached hydrogen (secondary N) is 2. The quantitative estimate of drug-likeness (QED) is 0.325. The maximum absolute atomic E-state index is 11.6. The molecule has 1 unspecified atom stereocenters. The minimum Gasteiger partial charge on any atom is -0.357 e. The molecule has 152 valence electrons. The van der Waals surface area contributed by atoms with E-state index in [1.54, 1.807) is 4.31 Å². The van der Waals surface area contributed by atoms with Gasteiger partial charge in [0, 0.05) is 51.4 Å². The summed E-state index contributed by atoms with van der Waals surface area (Å²) < 4.78 is 24.8. The van der Waals surface area contributed by atoms with E-state index in [0.717, 1.165) is 44.5 Å². The van der Waals surface area contributed by atoms with Gasteiger partial charge in [-0.15, -0.1) is 24.0 Å². The Morgan fingerprint density at radius 2 is 1.81 bits per heavy atom. The third-order valence-electron chi connectivity index (χ3n) is 5.52. The molecule has 2 saturated heterocycles. The van der Waals surface area contributed by atoms with Gasteiger partial charge in [-0.2, -0.15) is 0 Å². The summed E-state index contributed by atoms with van der Waals surface area (Å²) in [6, 6.07) is 1.33. The fourth-order valence-corrected chi connectivity index (χ4v) is 4.71. The molecule has 1 atom stereocenters. The molecule has 0 aromatic carbocycles. The van der Waals surface area contributed by atoms with Crippen LogP contribution in [0.5, 0.6) is 0 Å². The Bertz CT molecular complexity index is 574. The third kappa shape index (κ3) is 6.49. The first kappa shape index (κ1) is 22.2. The summed E-state index contributed by atoms with van der Waals surface area (Å²) in [6.07, 6.45) is 7.02. The molecule has 26 heavy (non-hydrogen) atoms. The molecule has 0 bridgehead atoms. The topological polar surface area (TPSA) is 77.0 Å². The second kappa shape index (κ2) is 9.88. The van der Waals surface area contributed by atoms with Gasteiger partial charge in [-0.25, -0.2) is 12.7 Å². The summed E-state index contributed by atoms with van der Waals surface area (Å²) in [4.78, 5) is 7.38. The summed E-state index contributed by atoms with van der Waals surface area (Å²) in [5.41, 5.74) is 0. The molecule has 0 amide bonds. The summed E-state index contributed by atoms with van der Waals surface area (Å²) in [5.74, 6) is 1.38. The van der Waals surface area contributed by atoms with Crippen molar-refractivity contribution in [2.45, 2.75) is 51.1 Å². The summed E-state index contributed by atoms with van der Waals surface area (Å²) in [7, 11) is -3.04. The summed E-state index contributed by atoms with van der Waals surface area (Å²) in [6.45, 7) is 7.30. The van der Waals surface area contributed by atoms with Crippen LogP contribution in [0.3, 0.4) is 0 Å². The molecule has 3 rings (SSSR count). The van der Waals surface area contributed by atoms with Crippen molar-refractivity contribution in [3.8, 4) is 0 Å². The molecule has 0 aromatic rings. The van der Waals surface area contributed by atoms with Gasteiger partial charge in [0.1, 0.15) is 0 Å². The van der Waals surface area contributed by atoms with Gasteiger partial charge in [0.2, 0.25) is 10.0 Å². The Balaban J connectivity index is 0.00000243. The SMILES string of the molecule is CCNC(=NCC1CCN(S(C)(=O)=O)CC1)NC1CCN(C2CC2)C1.I. The molecule has 0 aromatic heterocycles. The monoisotopic (exact) mass is 499 g/mol. The summed E-state index contributed by atoms with van der Waals surface area (Å²) >= 11 is 0. The highest BCUT2D eigenvalue weighted by Gasteiger charge is 2.34. The smallest absolute Gasteiger partial charge is 0.211 e. The van der Waals surface area contributed by atoms with Crippen molar-refractivity contribution in [3.63, 3.8) is 0 Å². The molecule has 2 heterocycles. The van der Waals surface area contributed by atoms with E-state index in [9.17, 15) is 8.42 Å². The van der Waals surface area contributed by atoms with Crippen molar-refractivity contribution < 1.29 is 8.42 Å². The maximum Gasteiger partial charge on any atom is 0.211 e. The number of rotatable bonds is 6. The number of piperidine rings is 1. The normalized spacial score (nSPS) is 26.5. The Morgan fingerprint density at radius 1 is 1.12 bits per heavy atom. The Kier molecular flexibility index (Phi) is 8.42. The third-order valence-corrected chi connectivity index (χ3v) is 6.82. The Labute approximate surface area is 175 Å². The van der Waals surface area contributed by atoms with Gasteiger partial charge in [-0.3, -0.25) is 9.89 Å². The summed E-state index contributed by atoms with van der Waals surface area (Å²) in [5, 5.41) is 6.95. The highest BCUT2D eigenvalue weighted by molar-refractivity contribution is 14.0. The lowest BCUT2D eigenvalue weighted by Gasteiger charge is -2.29. The van der Waals surface area contributed by atoms with Gasteiger partial charge in [0.25, 0.3) is 0 Å². The first-order valence-electron chi connectivity index (χ1n) is 9.69. The molecule has 2 aliphatic heterocycles. The Hall–Kier alpha value is -0.130. The predicted molar refractivity (Wildman–Crippen MR) is 117 cm³/mol. The number of hydrogen-bond donors (Lipinski definition) is 2. The minimum absolute atomic E-state index is 0. The number of likely N-dealkylation sites (tertiary alicyclic amines) is 1. The molecule has 1 aliphatic carbocycles. The van der Waals surface area contributed by atoms with Crippen LogP contribution in [0.2, 0.25) is 0 Å². The lowest BCUT2D eigenvalue weighted by molar-refractivity contribution is 0.280. The number of aliphatic imine (C=N–C) groups is 1. The molecule has 2 N–H and O–H groups in total. The van der Waals surface area contributed by atoms with Crippen LogP contribution in [0.1, 0.15) is 39.0 Å². The standard InChI is InChI=1S/C17H33N5O2S.HI/c1-3-18-17(20-15-8-9-21(13-15)16-4-5-16)19-12-14-6-10-22(11-7-14)25(2,23)24;/h14-16H,3-13H2,1-2H3,(H2,18,19,20);1H. The molecule has 0 radical (unpaired) electrons. The van der Waals surface area contributed by atoms with Crippen LogP contribution in [0.4, 0.5) is 0 Å². The Morgan fingerprint density at radius 3 is 2.38 bits per heavy atom. The highest BCUT2D eigenvalue weighted by Crippen LogP contribution is 2.29. The van der Waals surface area contributed by atoms with Gasteiger partial charge >= 0.3 is 0 Å². The van der Waals surface area contributed by atoms with Gasteiger partial charge in [-0.05, 0) is 44.9 Å². The van der Waals surface area contributed by atoms with Crippen molar-refractivity contribution in [1.82, 2.24) is 19.8 Å². The fraction of sp³-hybridized carbons (Fsp3) is 0.941. The van der Waals surface area contributed by atoms with E-state index in [4.69, 9.17) is 4.99 Å². The van der Waals surface area contributed by atoms with Crippen molar-refractivity contribution >= 4 is 40.0 Å². The van der Waals surface area contributed by atoms with Crippen LogP contribution < -0.4 is 10.6 Å². The zero-order chi connectivity index (χ0) is 17.9. The van der Waals surface area contributed by atoms with E-state index in [1.807, 2.05) is 0 Å². The first-order valence-corrected chi connectivity index (χ1v) is 11.5. The molecule has 1 saturated carbocycles. The molecular formula is C17H34IN5O2S. The largest absolute Gasteiger partial charge is 0.357 e. The van der Waals surface area contributed by atoms with Crippen molar-refractivity contribution in [1.29, 1.82) is 0 Å². The minimum atomic E-state index is -3.04. The molecule has 3 aliphatic rings. The second-order valence-electron chi connectivity index (χ2n) is 7.68. The zero-order valence-electron chi connectivity index (χ0n) is 16.0. The number of sulfonamides is 1. The predicted octanol–water partition coefficient (Wildman–Crippen LogP) is 1.07. The number of halogens is 1. The lowest BCUT2D eigenvalue weighted by atomic mass is 9.98. The van der Waals surface area contributed by atoms with Crippen molar-refractivity contribution in [2.24, 2.45) is 10.9 Å². The molecule has 7 nitrogen and oxygen atoms in total. The zero-order valence-corrected chi connectivity index (χ0v) is 19.1. The average molecular weight is 499 g/mol. The highest BCUT2D eigenvalue weighted by atomic mass is 127.